The number of thioether (sulfide) groups is 2. The number of benzene rings is 2. The lowest BCUT2D eigenvalue weighted by atomic mass is 10.2. The zero-order valence-electron chi connectivity index (χ0n) is 16.3. The van der Waals surface area contributed by atoms with Crippen LogP contribution >= 0.6 is 23.5 Å². The number of anilines is 2. The summed E-state index contributed by atoms with van der Waals surface area (Å²) in [5.41, 5.74) is 3.07. The van der Waals surface area contributed by atoms with Gasteiger partial charge in [0.2, 0.25) is 0 Å². The van der Waals surface area contributed by atoms with Crippen LogP contribution in [0.1, 0.15) is 12.5 Å². The van der Waals surface area contributed by atoms with Gasteiger partial charge in [-0.15, -0.1) is 0 Å². The summed E-state index contributed by atoms with van der Waals surface area (Å²) < 4.78 is 0. The fourth-order valence-electron chi connectivity index (χ4n) is 3.21. The molecule has 2 aliphatic heterocycles. The first kappa shape index (κ1) is 19.4. The summed E-state index contributed by atoms with van der Waals surface area (Å²) in [5, 5.41) is 13.9. The number of nitrogens with one attached hydrogen (secondary N) is 1. The van der Waals surface area contributed by atoms with Crippen LogP contribution < -0.4 is 10.2 Å². The monoisotopic (exact) mass is 421 g/mol. The Hall–Kier alpha value is -2.89. The van der Waals surface area contributed by atoms with E-state index < -0.39 is 0 Å². The molecule has 2 aliphatic rings. The third-order valence-corrected chi connectivity index (χ3v) is 7.16. The Kier molecular flexibility index (Phi) is 5.26. The Morgan fingerprint density at radius 1 is 1.21 bits per heavy atom. The van der Waals surface area contributed by atoms with E-state index in [1.54, 1.807) is 28.8 Å². The number of likely N-dealkylation sites (N-methyl/N-ethyl adjacent to an activating group) is 1. The zero-order valence-corrected chi connectivity index (χ0v) is 17.9. The number of fused-ring (bicyclic) bond motifs is 1. The number of carbonyl (C=O) groups is 1. The lowest BCUT2D eigenvalue weighted by molar-refractivity contribution is -0.122. The second-order valence-electron chi connectivity index (χ2n) is 6.40. The Bertz CT molecular complexity index is 1100. The van der Waals surface area contributed by atoms with Gasteiger partial charge >= 0.3 is 0 Å². The fraction of sp³-hybridized carbons (Fsp3) is 0.190. The molecule has 0 bridgehead atoms. The van der Waals surface area contributed by atoms with Crippen molar-refractivity contribution in [1.82, 2.24) is 4.90 Å². The highest BCUT2D eigenvalue weighted by atomic mass is 32.2. The predicted octanol–water partition coefficient (Wildman–Crippen LogP) is 4.59. The number of amides is 1. The van der Waals surface area contributed by atoms with Gasteiger partial charge in [-0.25, -0.2) is 4.99 Å². The highest BCUT2D eigenvalue weighted by Crippen LogP contribution is 2.50. The average molecular weight is 422 g/mol. The second kappa shape index (κ2) is 7.85. The summed E-state index contributed by atoms with van der Waals surface area (Å²) in [4.78, 5) is 23.5. The molecule has 29 heavy (non-hydrogen) atoms. The first-order valence-corrected chi connectivity index (χ1v) is 10.8. The van der Waals surface area contributed by atoms with Crippen LogP contribution in [0, 0.1) is 11.3 Å². The molecule has 1 N–H and O–H groups in total. The number of carbonyl (C=O) groups excluding carboxylic acids is 1. The Morgan fingerprint density at radius 3 is 2.69 bits per heavy atom. The standard InChI is InChI=1S/C21H19N5OS2/c1-4-26-19(27)18(20-25(3)16-7-5-6-8-17(16)28-20)29-21(26)24-15-11-13(12-22)9-10-14(15)23-2/h5-11,23H,4H2,1-3H3. The van der Waals surface area contributed by atoms with Crippen molar-refractivity contribution in [1.29, 1.82) is 5.26 Å². The number of nitriles is 1. The van der Waals surface area contributed by atoms with Crippen LogP contribution in [0.4, 0.5) is 17.1 Å². The fourth-order valence-corrected chi connectivity index (χ4v) is 5.61. The summed E-state index contributed by atoms with van der Waals surface area (Å²) in [5.74, 6) is -0.0409. The van der Waals surface area contributed by atoms with Gasteiger partial charge in [0.1, 0.15) is 4.91 Å². The Morgan fingerprint density at radius 2 is 2.00 bits per heavy atom. The number of rotatable bonds is 3. The van der Waals surface area contributed by atoms with Crippen molar-refractivity contribution in [2.24, 2.45) is 4.99 Å². The molecule has 0 aromatic heterocycles. The summed E-state index contributed by atoms with van der Waals surface area (Å²) in [6.45, 7) is 2.46. The van der Waals surface area contributed by atoms with Gasteiger partial charge in [0, 0.05) is 25.5 Å². The number of hydrogen-bond acceptors (Lipinski definition) is 7. The quantitative estimate of drug-likeness (QED) is 0.731. The molecule has 2 aromatic carbocycles. The molecule has 4 rings (SSSR count). The molecule has 2 aromatic rings. The van der Waals surface area contributed by atoms with Crippen molar-refractivity contribution in [2.75, 3.05) is 30.9 Å². The lowest BCUT2D eigenvalue weighted by Gasteiger charge is -2.15. The predicted molar refractivity (Wildman–Crippen MR) is 121 cm³/mol. The van der Waals surface area contributed by atoms with E-state index in [1.165, 1.54) is 11.8 Å². The van der Waals surface area contributed by atoms with Crippen molar-refractivity contribution in [3.05, 3.63) is 58.0 Å². The second-order valence-corrected chi connectivity index (χ2v) is 8.41. The largest absolute Gasteiger partial charge is 0.386 e. The van der Waals surface area contributed by atoms with Crippen LogP contribution in [-0.4, -0.2) is 36.6 Å². The summed E-state index contributed by atoms with van der Waals surface area (Å²) in [7, 11) is 3.79. The molecule has 1 fully saturated rings. The molecule has 0 spiro atoms. The minimum atomic E-state index is -0.0409. The van der Waals surface area contributed by atoms with Crippen LogP contribution in [0.15, 0.2) is 62.3 Å². The number of amidine groups is 1. The minimum absolute atomic E-state index is 0.0409. The maximum Gasteiger partial charge on any atom is 0.269 e. The van der Waals surface area contributed by atoms with Crippen molar-refractivity contribution in [3.8, 4) is 6.07 Å². The number of hydrogen-bond donors (Lipinski definition) is 1. The summed E-state index contributed by atoms with van der Waals surface area (Å²) in [6, 6.07) is 15.6. The molecule has 0 unspecified atom stereocenters. The molecule has 2 heterocycles. The molecule has 0 radical (unpaired) electrons. The van der Waals surface area contributed by atoms with Gasteiger partial charge in [-0.05, 0) is 49.0 Å². The smallest absolute Gasteiger partial charge is 0.269 e. The zero-order chi connectivity index (χ0) is 20.5. The van der Waals surface area contributed by atoms with Gasteiger partial charge < -0.3 is 10.2 Å². The molecule has 1 amide bonds. The maximum absolute atomic E-state index is 13.2. The summed E-state index contributed by atoms with van der Waals surface area (Å²) in [6.07, 6.45) is 0. The van der Waals surface area contributed by atoms with Crippen LogP contribution in [0.5, 0.6) is 0 Å². The first-order chi connectivity index (χ1) is 14.1. The first-order valence-electron chi connectivity index (χ1n) is 9.12. The molecule has 0 atom stereocenters. The Labute approximate surface area is 178 Å². The van der Waals surface area contributed by atoms with E-state index in [1.807, 2.05) is 39.2 Å². The molecule has 146 valence electrons. The van der Waals surface area contributed by atoms with E-state index in [0.29, 0.717) is 27.9 Å². The van der Waals surface area contributed by atoms with Gasteiger partial charge in [-0.2, -0.15) is 5.26 Å². The van der Waals surface area contributed by atoms with Crippen LogP contribution in [0.3, 0.4) is 0 Å². The van der Waals surface area contributed by atoms with Gasteiger partial charge in [0.25, 0.3) is 5.91 Å². The van der Waals surface area contributed by atoms with Crippen molar-refractivity contribution < 1.29 is 4.79 Å². The molecule has 0 saturated carbocycles. The maximum atomic E-state index is 13.2. The number of aliphatic imine (C=N–C) groups is 1. The van der Waals surface area contributed by atoms with Crippen molar-refractivity contribution >= 4 is 51.7 Å². The SMILES string of the molecule is CCN1C(=O)C(=C2Sc3ccccc3N2C)SC1=Nc1cc(C#N)ccc1NC. The highest BCUT2D eigenvalue weighted by Gasteiger charge is 2.38. The van der Waals surface area contributed by atoms with E-state index in [4.69, 9.17) is 4.99 Å². The minimum Gasteiger partial charge on any atom is -0.386 e. The van der Waals surface area contributed by atoms with Gasteiger partial charge in [-0.1, -0.05) is 23.9 Å². The van der Waals surface area contributed by atoms with Crippen LogP contribution in [-0.2, 0) is 4.79 Å². The normalized spacial score (nSPS) is 19.7. The average Bonchev–Trinajstić information content (AvgIpc) is 3.24. The summed E-state index contributed by atoms with van der Waals surface area (Å²) >= 11 is 2.99. The highest BCUT2D eigenvalue weighted by molar-refractivity contribution is 8.19. The molecule has 0 aliphatic carbocycles. The number of para-hydroxylation sites is 1. The van der Waals surface area contributed by atoms with Crippen LogP contribution in [0.2, 0.25) is 0 Å². The molecule has 6 nitrogen and oxygen atoms in total. The molecule has 1 saturated heterocycles. The van der Waals surface area contributed by atoms with Gasteiger partial charge in [0.05, 0.1) is 33.7 Å². The lowest BCUT2D eigenvalue weighted by Crippen LogP contribution is -2.29. The van der Waals surface area contributed by atoms with E-state index in [-0.39, 0.29) is 5.91 Å². The van der Waals surface area contributed by atoms with Gasteiger partial charge in [0.15, 0.2) is 5.17 Å². The molecular weight excluding hydrogens is 402 g/mol. The Balaban J connectivity index is 1.76. The topological polar surface area (TPSA) is 71.7 Å². The van der Waals surface area contributed by atoms with Crippen molar-refractivity contribution in [3.63, 3.8) is 0 Å². The van der Waals surface area contributed by atoms with E-state index >= 15 is 0 Å². The number of nitrogens with zero attached hydrogens (tertiary/aromatic N) is 4. The molecule has 8 heteroatoms. The van der Waals surface area contributed by atoms with Gasteiger partial charge in [-0.3, -0.25) is 9.69 Å². The van der Waals surface area contributed by atoms with Crippen LogP contribution in [0.25, 0.3) is 0 Å². The third-order valence-electron chi connectivity index (χ3n) is 4.72. The van der Waals surface area contributed by atoms with E-state index in [9.17, 15) is 10.1 Å². The third kappa shape index (κ3) is 3.37. The van der Waals surface area contributed by atoms with E-state index in [2.05, 4.69) is 28.4 Å². The van der Waals surface area contributed by atoms with E-state index in [0.717, 1.165) is 21.3 Å². The van der Waals surface area contributed by atoms with Crippen molar-refractivity contribution in [2.45, 2.75) is 11.8 Å². The molecular formula is C21H19N5OS2.